The molecule has 1 unspecified atom stereocenters. The number of benzene rings is 1. The molecule has 3 fully saturated rings. The average molecular weight is 342 g/mol. The maximum atomic E-state index is 5.98. The molecule has 1 aromatic heterocycles. The number of halogens is 1. The normalized spacial score (nSPS) is 27.3. The van der Waals surface area contributed by atoms with Crippen molar-refractivity contribution in [2.75, 3.05) is 19.6 Å². The van der Waals surface area contributed by atoms with Crippen LogP contribution in [-0.2, 0) is 0 Å². The molecule has 2 bridgehead atoms. The molecule has 3 saturated heterocycles. The number of nitrogens with zero attached hydrogens (tertiary/aromatic N) is 2. The number of aromatic nitrogens is 1. The van der Waals surface area contributed by atoms with Crippen LogP contribution in [0, 0.1) is 0 Å². The lowest BCUT2D eigenvalue weighted by Crippen LogP contribution is -2.46. The highest BCUT2D eigenvalue weighted by Crippen LogP contribution is 2.27. The maximum Gasteiger partial charge on any atom is 0.0646 e. The SMILES string of the molecule is Clc1ccc(-c2ccc(C3CNC4CCCN3CCC4)nc2)cc1. The molecular weight excluding hydrogens is 318 g/mol. The highest BCUT2D eigenvalue weighted by molar-refractivity contribution is 6.30. The van der Waals surface area contributed by atoms with Crippen LogP contribution in [0.3, 0.4) is 0 Å². The lowest BCUT2D eigenvalue weighted by atomic mass is 9.97. The number of hydrogen-bond acceptors (Lipinski definition) is 3. The minimum atomic E-state index is 0.396. The number of hydrogen-bond donors (Lipinski definition) is 1. The number of fused-ring (bicyclic) bond motifs is 6. The van der Waals surface area contributed by atoms with Crippen molar-refractivity contribution in [2.24, 2.45) is 0 Å². The Bertz CT molecular complexity index is 658. The minimum Gasteiger partial charge on any atom is -0.312 e. The van der Waals surface area contributed by atoms with Crippen LogP contribution in [-0.4, -0.2) is 35.6 Å². The zero-order chi connectivity index (χ0) is 16.4. The van der Waals surface area contributed by atoms with E-state index in [1.807, 2.05) is 30.5 Å². The Morgan fingerprint density at radius 3 is 2.33 bits per heavy atom. The van der Waals surface area contributed by atoms with Crippen molar-refractivity contribution in [3.05, 3.63) is 53.3 Å². The lowest BCUT2D eigenvalue weighted by molar-refractivity contribution is 0.136. The Morgan fingerprint density at radius 2 is 1.67 bits per heavy atom. The van der Waals surface area contributed by atoms with E-state index in [0.29, 0.717) is 12.1 Å². The molecule has 2 aromatic rings. The zero-order valence-electron chi connectivity index (χ0n) is 13.9. The van der Waals surface area contributed by atoms with Crippen LogP contribution >= 0.6 is 11.6 Å². The second kappa shape index (κ2) is 7.22. The van der Waals surface area contributed by atoms with Gasteiger partial charge in [0.1, 0.15) is 0 Å². The first-order valence-electron chi connectivity index (χ1n) is 8.99. The predicted octanol–water partition coefficient (Wildman–Crippen LogP) is 4.29. The quantitative estimate of drug-likeness (QED) is 0.883. The van der Waals surface area contributed by atoms with Gasteiger partial charge < -0.3 is 5.32 Å². The number of pyridine rings is 1. The Hall–Kier alpha value is -1.42. The molecule has 0 radical (unpaired) electrons. The molecule has 0 saturated carbocycles. The van der Waals surface area contributed by atoms with Gasteiger partial charge in [-0.05, 0) is 62.5 Å². The summed E-state index contributed by atoms with van der Waals surface area (Å²) in [6.07, 6.45) is 7.20. The fourth-order valence-corrected chi connectivity index (χ4v) is 4.09. The molecule has 3 aliphatic rings. The van der Waals surface area contributed by atoms with Crippen molar-refractivity contribution in [3.8, 4) is 11.1 Å². The lowest BCUT2D eigenvalue weighted by Gasteiger charge is -2.38. The molecule has 4 heterocycles. The summed E-state index contributed by atoms with van der Waals surface area (Å²) in [6.45, 7) is 3.41. The summed E-state index contributed by atoms with van der Waals surface area (Å²) in [6, 6.07) is 13.4. The van der Waals surface area contributed by atoms with Gasteiger partial charge in [0.25, 0.3) is 0 Å². The second-order valence-electron chi connectivity index (χ2n) is 6.92. The predicted molar refractivity (Wildman–Crippen MR) is 99.3 cm³/mol. The van der Waals surface area contributed by atoms with Gasteiger partial charge in [0.2, 0.25) is 0 Å². The highest BCUT2D eigenvalue weighted by Gasteiger charge is 2.27. The van der Waals surface area contributed by atoms with E-state index in [-0.39, 0.29) is 0 Å². The smallest absolute Gasteiger partial charge is 0.0646 e. The van der Waals surface area contributed by atoms with Crippen LogP contribution in [0.25, 0.3) is 11.1 Å². The van der Waals surface area contributed by atoms with E-state index in [1.54, 1.807) is 0 Å². The Kier molecular flexibility index (Phi) is 4.83. The van der Waals surface area contributed by atoms with E-state index in [0.717, 1.165) is 22.7 Å². The van der Waals surface area contributed by atoms with Gasteiger partial charge >= 0.3 is 0 Å². The van der Waals surface area contributed by atoms with Crippen molar-refractivity contribution in [2.45, 2.75) is 37.8 Å². The third-order valence-electron chi connectivity index (χ3n) is 5.34. The van der Waals surface area contributed by atoms with E-state index in [2.05, 4.69) is 22.3 Å². The zero-order valence-corrected chi connectivity index (χ0v) is 14.7. The maximum absolute atomic E-state index is 5.98. The Labute approximate surface area is 149 Å². The molecule has 24 heavy (non-hydrogen) atoms. The second-order valence-corrected chi connectivity index (χ2v) is 7.36. The van der Waals surface area contributed by atoms with Crippen LogP contribution in [0.1, 0.15) is 37.4 Å². The van der Waals surface area contributed by atoms with Crippen molar-refractivity contribution in [1.82, 2.24) is 15.2 Å². The average Bonchev–Trinajstić information content (AvgIpc) is 2.55. The Morgan fingerprint density at radius 1 is 0.958 bits per heavy atom. The summed E-state index contributed by atoms with van der Waals surface area (Å²) in [4.78, 5) is 7.42. The van der Waals surface area contributed by atoms with Gasteiger partial charge in [0.15, 0.2) is 0 Å². The molecule has 1 N–H and O–H groups in total. The largest absolute Gasteiger partial charge is 0.312 e. The van der Waals surface area contributed by atoms with Crippen molar-refractivity contribution < 1.29 is 0 Å². The summed E-state index contributed by atoms with van der Waals surface area (Å²) in [7, 11) is 0. The van der Waals surface area contributed by atoms with E-state index >= 15 is 0 Å². The summed E-state index contributed by atoms with van der Waals surface area (Å²) in [5.41, 5.74) is 3.49. The van der Waals surface area contributed by atoms with Crippen molar-refractivity contribution >= 4 is 11.6 Å². The van der Waals surface area contributed by atoms with Crippen LogP contribution < -0.4 is 5.32 Å². The van der Waals surface area contributed by atoms with Gasteiger partial charge in [0.05, 0.1) is 11.7 Å². The van der Waals surface area contributed by atoms with Gasteiger partial charge in [0, 0.05) is 29.4 Å². The summed E-state index contributed by atoms with van der Waals surface area (Å²) in [5.74, 6) is 0. The van der Waals surface area contributed by atoms with Crippen LogP contribution in [0.15, 0.2) is 42.6 Å². The third kappa shape index (κ3) is 3.49. The van der Waals surface area contributed by atoms with E-state index in [9.17, 15) is 0 Å². The molecule has 0 amide bonds. The van der Waals surface area contributed by atoms with E-state index < -0.39 is 0 Å². The molecule has 1 atom stereocenters. The summed E-state index contributed by atoms with van der Waals surface area (Å²) >= 11 is 5.98. The highest BCUT2D eigenvalue weighted by atomic mass is 35.5. The number of nitrogens with one attached hydrogen (secondary N) is 1. The molecular formula is C20H24ClN3. The number of rotatable bonds is 2. The van der Waals surface area contributed by atoms with Crippen LogP contribution in [0.2, 0.25) is 5.02 Å². The van der Waals surface area contributed by atoms with Crippen molar-refractivity contribution in [1.29, 1.82) is 0 Å². The molecule has 0 spiro atoms. The van der Waals surface area contributed by atoms with Gasteiger partial charge in [-0.25, -0.2) is 0 Å². The van der Waals surface area contributed by atoms with E-state index in [4.69, 9.17) is 16.6 Å². The molecule has 126 valence electrons. The third-order valence-corrected chi connectivity index (χ3v) is 5.59. The van der Waals surface area contributed by atoms with Gasteiger partial charge in [-0.2, -0.15) is 0 Å². The van der Waals surface area contributed by atoms with Gasteiger partial charge in [-0.1, -0.05) is 29.8 Å². The van der Waals surface area contributed by atoms with Crippen LogP contribution in [0.5, 0.6) is 0 Å². The molecule has 5 rings (SSSR count). The molecule has 3 aliphatic heterocycles. The molecule has 1 aromatic carbocycles. The first kappa shape index (κ1) is 16.1. The van der Waals surface area contributed by atoms with Gasteiger partial charge in [-0.3, -0.25) is 9.88 Å². The summed E-state index contributed by atoms with van der Waals surface area (Å²) in [5, 5.41) is 4.52. The molecule has 4 heteroatoms. The van der Waals surface area contributed by atoms with Gasteiger partial charge in [-0.15, -0.1) is 0 Å². The standard InChI is InChI=1S/C20H24ClN3/c21-17-8-5-15(6-9-17)16-7-10-19(23-13-16)20-14-22-18-3-1-11-24(20)12-2-4-18/h5-10,13,18,20,22H,1-4,11-12,14H2. The minimum absolute atomic E-state index is 0.396. The van der Waals surface area contributed by atoms with Crippen molar-refractivity contribution in [3.63, 3.8) is 0 Å². The molecule has 3 nitrogen and oxygen atoms in total. The first-order chi connectivity index (χ1) is 11.8. The molecule has 0 aliphatic carbocycles. The monoisotopic (exact) mass is 341 g/mol. The fourth-order valence-electron chi connectivity index (χ4n) is 3.97. The van der Waals surface area contributed by atoms with E-state index in [1.165, 1.54) is 44.5 Å². The van der Waals surface area contributed by atoms with Crippen LogP contribution in [0.4, 0.5) is 0 Å². The Balaban J connectivity index is 1.56. The fraction of sp³-hybridized carbons (Fsp3) is 0.450. The summed E-state index contributed by atoms with van der Waals surface area (Å²) < 4.78 is 0. The topological polar surface area (TPSA) is 28.2 Å². The first-order valence-corrected chi connectivity index (χ1v) is 9.37.